The molecule has 0 N–H and O–H groups in total. The smallest absolute Gasteiger partial charge is 0.262 e. The van der Waals surface area contributed by atoms with Gasteiger partial charge in [-0.3, -0.25) is 13.8 Å². The summed E-state index contributed by atoms with van der Waals surface area (Å²) in [5.74, 6) is 2.48. The average Bonchev–Trinajstić information content (AvgIpc) is 3.13. The van der Waals surface area contributed by atoms with Crippen LogP contribution in [0.4, 0.5) is 0 Å². The van der Waals surface area contributed by atoms with Gasteiger partial charge < -0.3 is 4.74 Å². The van der Waals surface area contributed by atoms with Crippen LogP contribution in [-0.2, 0) is 12.3 Å². The number of benzene rings is 2. The largest absolute Gasteiger partial charge is 0.497 e. The number of fused-ring (bicyclic) bond motifs is 3. The van der Waals surface area contributed by atoms with Crippen LogP contribution >= 0.6 is 11.8 Å². The molecule has 0 aliphatic rings. The van der Waals surface area contributed by atoms with Gasteiger partial charge >= 0.3 is 0 Å². The average molecular weight is 409 g/mol. The zero-order valence-electron chi connectivity index (χ0n) is 17.0. The Balaban J connectivity index is 1.84. The van der Waals surface area contributed by atoms with Gasteiger partial charge in [-0.2, -0.15) is 0 Å². The maximum Gasteiger partial charge on any atom is 0.262 e. The minimum absolute atomic E-state index is 0.0124. The maximum absolute atomic E-state index is 13.2. The van der Waals surface area contributed by atoms with Crippen molar-refractivity contribution in [2.45, 2.75) is 38.2 Å². The first-order valence-electron chi connectivity index (χ1n) is 9.62. The van der Waals surface area contributed by atoms with Crippen molar-refractivity contribution in [1.29, 1.82) is 0 Å². The van der Waals surface area contributed by atoms with E-state index < -0.39 is 0 Å². The normalized spacial score (nSPS) is 11.6. The van der Waals surface area contributed by atoms with Crippen LogP contribution in [0.3, 0.4) is 0 Å². The van der Waals surface area contributed by atoms with Gasteiger partial charge in [0.05, 0.1) is 18.0 Å². The summed E-state index contributed by atoms with van der Waals surface area (Å²) in [6.07, 6.45) is 0. The molecule has 0 saturated heterocycles. The van der Waals surface area contributed by atoms with E-state index >= 15 is 0 Å². The van der Waals surface area contributed by atoms with Gasteiger partial charge in [0.1, 0.15) is 5.75 Å². The number of hydrogen-bond donors (Lipinski definition) is 0. The van der Waals surface area contributed by atoms with E-state index in [0.29, 0.717) is 23.6 Å². The fourth-order valence-corrected chi connectivity index (χ4v) is 4.32. The lowest BCUT2D eigenvalue weighted by Gasteiger charge is -2.13. The van der Waals surface area contributed by atoms with Gasteiger partial charge in [-0.25, -0.2) is 0 Å². The van der Waals surface area contributed by atoms with E-state index in [4.69, 9.17) is 4.74 Å². The lowest BCUT2D eigenvalue weighted by atomic mass is 10.1. The standard InChI is InChI=1S/C22H24N4O2S/c1-14(2)12-25-20(27)18-10-15(3)8-9-19(18)26-21(25)23-24-22(26)29-13-16-6-5-7-17(11-16)28-4/h5-11,14H,12-13H2,1-4H3. The van der Waals surface area contributed by atoms with Crippen molar-refractivity contribution < 1.29 is 4.74 Å². The molecule has 0 aliphatic carbocycles. The minimum Gasteiger partial charge on any atom is -0.497 e. The molecular formula is C22H24N4O2S. The Labute approximate surface area is 173 Å². The second-order valence-electron chi connectivity index (χ2n) is 7.59. The molecule has 6 nitrogen and oxygen atoms in total. The Kier molecular flexibility index (Phi) is 5.32. The molecule has 0 bridgehead atoms. The van der Waals surface area contributed by atoms with Crippen molar-refractivity contribution in [3.63, 3.8) is 0 Å². The number of methoxy groups -OCH3 is 1. The molecule has 7 heteroatoms. The van der Waals surface area contributed by atoms with E-state index in [2.05, 4.69) is 30.1 Å². The van der Waals surface area contributed by atoms with Crippen molar-refractivity contribution in [3.8, 4) is 5.75 Å². The molecule has 0 fully saturated rings. The van der Waals surface area contributed by atoms with Gasteiger partial charge in [-0.1, -0.05) is 49.4 Å². The summed E-state index contributed by atoms with van der Waals surface area (Å²) in [5, 5.41) is 10.3. The summed E-state index contributed by atoms with van der Waals surface area (Å²) in [5.41, 5.74) is 3.03. The molecule has 0 spiro atoms. The van der Waals surface area contributed by atoms with Gasteiger partial charge in [0.25, 0.3) is 5.56 Å². The zero-order valence-corrected chi connectivity index (χ0v) is 17.9. The predicted molar refractivity (Wildman–Crippen MR) is 117 cm³/mol. The topological polar surface area (TPSA) is 61.4 Å². The molecule has 4 rings (SSSR count). The van der Waals surface area contributed by atoms with Gasteiger partial charge in [-0.15, -0.1) is 10.2 Å². The fourth-order valence-electron chi connectivity index (χ4n) is 3.43. The van der Waals surface area contributed by atoms with E-state index in [-0.39, 0.29) is 5.56 Å². The Morgan fingerprint density at radius 1 is 1.14 bits per heavy atom. The summed E-state index contributed by atoms with van der Waals surface area (Å²) in [6.45, 7) is 6.79. The predicted octanol–water partition coefficient (Wildman–Crippen LogP) is 4.31. The van der Waals surface area contributed by atoms with Crippen LogP contribution in [0, 0.1) is 12.8 Å². The Morgan fingerprint density at radius 2 is 1.97 bits per heavy atom. The van der Waals surface area contributed by atoms with Gasteiger partial charge in [-0.05, 0) is 42.7 Å². The van der Waals surface area contributed by atoms with Crippen molar-refractivity contribution >= 4 is 28.4 Å². The van der Waals surface area contributed by atoms with Crippen LogP contribution < -0.4 is 10.3 Å². The van der Waals surface area contributed by atoms with Gasteiger partial charge in [0, 0.05) is 12.3 Å². The van der Waals surface area contributed by atoms with E-state index in [1.807, 2.05) is 47.7 Å². The first-order valence-corrected chi connectivity index (χ1v) is 10.6. The van der Waals surface area contributed by atoms with Crippen LogP contribution in [0.15, 0.2) is 52.4 Å². The molecule has 0 amide bonds. The number of ether oxygens (including phenoxy) is 1. The summed E-state index contributed by atoms with van der Waals surface area (Å²) in [6, 6.07) is 13.9. The summed E-state index contributed by atoms with van der Waals surface area (Å²) in [7, 11) is 1.67. The highest BCUT2D eigenvalue weighted by molar-refractivity contribution is 7.98. The molecule has 0 unspecified atom stereocenters. The van der Waals surface area contributed by atoms with Crippen molar-refractivity contribution in [1.82, 2.24) is 19.2 Å². The number of thioether (sulfide) groups is 1. The van der Waals surface area contributed by atoms with E-state index in [9.17, 15) is 4.79 Å². The maximum atomic E-state index is 13.2. The quantitative estimate of drug-likeness (QED) is 0.445. The minimum atomic E-state index is -0.0124. The molecule has 0 radical (unpaired) electrons. The summed E-state index contributed by atoms with van der Waals surface area (Å²) >= 11 is 1.60. The van der Waals surface area contributed by atoms with Crippen LogP contribution in [0.5, 0.6) is 5.75 Å². The number of hydrogen-bond acceptors (Lipinski definition) is 5. The van der Waals surface area contributed by atoms with Crippen LogP contribution in [0.2, 0.25) is 0 Å². The van der Waals surface area contributed by atoms with Gasteiger partial charge in [0.15, 0.2) is 5.16 Å². The third kappa shape index (κ3) is 3.74. The second-order valence-corrected chi connectivity index (χ2v) is 8.53. The summed E-state index contributed by atoms with van der Waals surface area (Å²) < 4.78 is 9.06. The first-order chi connectivity index (χ1) is 14.0. The molecular weight excluding hydrogens is 384 g/mol. The monoisotopic (exact) mass is 408 g/mol. The Bertz CT molecular complexity index is 1240. The zero-order chi connectivity index (χ0) is 20.5. The van der Waals surface area contributed by atoms with Crippen LogP contribution in [0.25, 0.3) is 16.7 Å². The number of aryl methyl sites for hydroxylation is 1. The first kappa shape index (κ1) is 19.5. The van der Waals surface area contributed by atoms with E-state index in [1.54, 1.807) is 23.4 Å². The number of rotatable bonds is 6. The molecule has 2 aromatic carbocycles. The van der Waals surface area contributed by atoms with Crippen LogP contribution in [0.1, 0.15) is 25.0 Å². The lowest BCUT2D eigenvalue weighted by molar-refractivity contribution is 0.414. The SMILES string of the molecule is COc1cccc(CSc2nnc3n(CC(C)C)c(=O)c4cc(C)ccc4n23)c1. The Hall–Kier alpha value is -2.80. The highest BCUT2D eigenvalue weighted by Crippen LogP contribution is 2.26. The van der Waals surface area contributed by atoms with Crippen LogP contribution in [-0.4, -0.2) is 26.3 Å². The highest BCUT2D eigenvalue weighted by Gasteiger charge is 2.17. The third-order valence-corrected chi connectivity index (χ3v) is 5.78. The molecule has 0 atom stereocenters. The van der Waals surface area contributed by atoms with E-state index in [0.717, 1.165) is 33.3 Å². The van der Waals surface area contributed by atoms with Crippen molar-refractivity contribution in [3.05, 3.63) is 63.9 Å². The molecule has 4 aromatic rings. The third-order valence-electron chi connectivity index (χ3n) is 4.78. The second kappa shape index (κ2) is 7.91. The molecule has 2 aromatic heterocycles. The summed E-state index contributed by atoms with van der Waals surface area (Å²) in [4.78, 5) is 13.2. The molecule has 0 saturated carbocycles. The van der Waals surface area contributed by atoms with Crippen molar-refractivity contribution in [2.24, 2.45) is 5.92 Å². The van der Waals surface area contributed by atoms with E-state index in [1.165, 1.54) is 0 Å². The highest BCUT2D eigenvalue weighted by atomic mass is 32.2. The molecule has 2 heterocycles. The number of nitrogens with zero attached hydrogens (tertiary/aromatic N) is 4. The van der Waals surface area contributed by atoms with Gasteiger partial charge in [0.2, 0.25) is 5.78 Å². The Morgan fingerprint density at radius 3 is 2.72 bits per heavy atom. The number of aromatic nitrogens is 4. The molecule has 29 heavy (non-hydrogen) atoms. The molecule has 150 valence electrons. The fraction of sp³-hybridized carbons (Fsp3) is 0.318. The van der Waals surface area contributed by atoms with Crippen molar-refractivity contribution in [2.75, 3.05) is 7.11 Å². The molecule has 0 aliphatic heterocycles. The lowest BCUT2D eigenvalue weighted by Crippen LogP contribution is -2.25.